The third-order valence-corrected chi connectivity index (χ3v) is 3.88. The summed E-state index contributed by atoms with van der Waals surface area (Å²) >= 11 is 1.60. The SMILES string of the molecule is C[C@H](C#Cc1ccc(Cc2ccccc2)s1)N(O)C(N)=O. The molecule has 0 aliphatic rings. The van der Waals surface area contributed by atoms with Gasteiger partial charge in [0.2, 0.25) is 0 Å². The fourth-order valence-electron chi connectivity index (χ4n) is 1.76. The van der Waals surface area contributed by atoms with Crippen LogP contribution in [0.1, 0.15) is 22.2 Å². The maximum atomic E-state index is 10.8. The Morgan fingerprint density at radius 1 is 1.33 bits per heavy atom. The number of hydrogen-bond donors (Lipinski definition) is 2. The van der Waals surface area contributed by atoms with Crippen molar-refractivity contribution < 1.29 is 10.0 Å². The van der Waals surface area contributed by atoms with Crippen LogP contribution in [0.15, 0.2) is 42.5 Å². The predicted molar refractivity (Wildman–Crippen MR) is 83.1 cm³/mol. The molecule has 5 heteroatoms. The lowest BCUT2D eigenvalue weighted by Gasteiger charge is -2.14. The van der Waals surface area contributed by atoms with E-state index in [9.17, 15) is 10.0 Å². The molecule has 108 valence electrons. The van der Waals surface area contributed by atoms with Crippen molar-refractivity contribution in [3.63, 3.8) is 0 Å². The minimum absolute atomic E-state index is 0.422. The van der Waals surface area contributed by atoms with Gasteiger partial charge in [0.15, 0.2) is 0 Å². The second-order valence-electron chi connectivity index (χ2n) is 4.56. The van der Waals surface area contributed by atoms with Gasteiger partial charge in [-0.1, -0.05) is 42.2 Å². The van der Waals surface area contributed by atoms with Gasteiger partial charge in [0, 0.05) is 11.3 Å². The molecule has 0 aliphatic carbocycles. The third kappa shape index (κ3) is 4.35. The number of thiophene rings is 1. The quantitative estimate of drug-likeness (QED) is 0.520. The number of carbonyl (C=O) groups is 1. The second kappa shape index (κ2) is 6.93. The molecule has 0 aliphatic heterocycles. The molecule has 4 nitrogen and oxygen atoms in total. The third-order valence-electron chi connectivity index (χ3n) is 2.88. The first kappa shape index (κ1) is 15.1. The van der Waals surface area contributed by atoms with Crippen LogP contribution in [-0.4, -0.2) is 22.3 Å². The molecule has 0 saturated heterocycles. The first-order valence-corrected chi connectivity index (χ1v) is 7.29. The van der Waals surface area contributed by atoms with Gasteiger partial charge in [0.05, 0.1) is 4.88 Å². The maximum Gasteiger partial charge on any atom is 0.339 e. The topological polar surface area (TPSA) is 66.6 Å². The number of rotatable bonds is 3. The van der Waals surface area contributed by atoms with Gasteiger partial charge < -0.3 is 5.73 Å². The first-order valence-electron chi connectivity index (χ1n) is 6.48. The predicted octanol–water partition coefficient (Wildman–Crippen LogP) is 2.85. The molecule has 3 N–H and O–H groups in total. The van der Waals surface area contributed by atoms with E-state index in [1.807, 2.05) is 30.3 Å². The number of urea groups is 1. The van der Waals surface area contributed by atoms with Crippen molar-refractivity contribution in [2.45, 2.75) is 19.4 Å². The Kier molecular flexibility index (Phi) is 4.99. The summed E-state index contributed by atoms with van der Waals surface area (Å²) in [6, 6.07) is 12.6. The zero-order chi connectivity index (χ0) is 15.2. The molecule has 1 atom stereocenters. The van der Waals surface area contributed by atoms with Crippen LogP contribution in [0.2, 0.25) is 0 Å². The lowest BCUT2D eigenvalue weighted by atomic mass is 10.1. The maximum absolute atomic E-state index is 10.8. The lowest BCUT2D eigenvalue weighted by Crippen LogP contribution is -2.38. The summed E-state index contributed by atoms with van der Waals surface area (Å²) in [4.78, 5) is 12.9. The van der Waals surface area contributed by atoms with Crippen LogP contribution in [0.3, 0.4) is 0 Å². The van der Waals surface area contributed by atoms with Crippen molar-refractivity contribution in [2.75, 3.05) is 0 Å². The standard InChI is InChI=1S/C16H16N2O2S/c1-12(18(20)16(17)19)7-8-14-9-10-15(21-14)11-13-5-3-2-4-6-13/h2-6,9-10,12,20H,11H2,1H3,(H2,17,19)/t12-/m1/s1. The minimum atomic E-state index is -0.909. The monoisotopic (exact) mass is 300 g/mol. The van der Waals surface area contributed by atoms with Gasteiger partial charge in [-0.25, -0.2) is 4.79 Å². The van der Waals surface area contributed by atoms with E-state index in [0.717, 1.165) is 11.3 Å². The fraction of sp³-hybridized carbons (Fsp3) is 0.188. The zero-order valence-corrected chi connectivity index (χ0v) is 12.4. The summed E-state index contributed by atoms with van der Waals surface area (Å²) in [5.74, 6) is 5.74. The Bertz CT molecular complexity index is 670. The van der Waals surface area contributed by atoms with Crippen LogP contribution in [-0.2, 0) is 6.42 Å². The van der Waals surface area contributed by atoms with Gasteiger partial charge in [0.25, 0.3) is 0 Å². The molecule has 0 radical (unpaired) electrons. The normalized spacial score (nSPS) is 11.3. The number of hydrogen-bond acceptors (Lipinski definition) is 3. The summed E-state index contributed by atoms with van der Waals surface area (Å²) in [5.41, 5.74) is 6.22. The Balaban J connectivity index is 2.02. The molecule has 2 aromatic rings. The summed E-state index contributed by atoms with van der Waals surface area (Å²) in [5, 5.41) is 9.75. The number of primary amides is 1. The molecule has 1 aromatic carbocycles. The van der Waals surface area contributed by atoms with Crippen LogP contribution in [0.25, 0.3) is 0 Å². The number of carbonyl (C=O) groups excluding carboxylic acids is 1. The summed E-state index contributed by atoms with van der Waals surface area (Å²) in [6.07, 6.45) is 0.871. The van der Waals surface area contributed by atoms with E-state index in [2.05, 4.69) is 24.0 Å². The molecule has 0 unspecified atom stereocenters. The lowest BCUT2D eigenvalue weighted by molar-refractivity contribution is -0.0536. The van der Waals surface area contributed by atoms with E-state index in [1.165, 1.54) is 10.4 Å². The van der Waals surface area contributed by atoms with E-state index in [-0.39, 0.29) is 0 Å². The summed E-state index contributed by atoms with van der Waals surface area (Å²) in [6.45, 7) is 1.61. The Morgan fingerprint density at radius 2 is 2.05 bits per heavy atom. The van der Waals surface area contributed by atoms with Gasteiger partial charge in [0.1, 0.15) is 6.04 Å². The molecule has 0 fully saturated rings. The van der Waals surface area contributed by atoms with Crippen LogP contribution in [0.4, 0.5) is 4.79 Å². The highest BCUT2D eigenvalue weighted by Gasteiger charge is 2.11. The molecular weight excluding hydrogens is 284 g/mol. The van der Waals surface area contributed by atoms with Crippen LogP contribution >= 0.6 is 11.3 Å². The first-order chi connectivity index (χ1) is 10.1. The van der Waals surface area contributed by atoms with Crippen molar-refractivity contribution in [1.29, 1.82) is 0 Å². The minimum Gasteiger partial charge on any atom is -0.350 e. The zero-order valence-electron chi connectivity index (χ0n) is 11.6. The number of benzene rings is 1. The largest absolute Gasteiger partial charge is 0.350 e. The van der Waals surface area contributed by atoms with Crippen LogP contribution < -0.4 is 5.73 Å². The molecule has 0 saturated carbocycles. The number of nitrogens with zero attached hydrogens (tertiary/aromatic N) is 1. The average Bonchev–Trinajstić information content (AvgIpc) is 2.92. The van der Waals surface area contributed by atoms with E-state index in [0.29, 0.717) is 5.06 Å². The highest BCUT2D eigenvalue weighted by molar-refractivity contribution is 7.12. The van der Waals surface area contributed by atoms with Gasteiger partial charge >= 0.3 is 6.03 Å². The fourth-order valence-corrected chi connectivity index (χ4v) is 2.67. The Hall–Kier alpha value is -2.29. The molecular formula is C16H16N2O2S. The Labute approximate surface area is 127 Å². The van der Waals surface area contributed by atoms with Gasteiger partial charge in [-0.05, 0) is 24.6 Å². The average molecular weight is 300 g/mol. The van der Waals surface area contributed by atoms with E-state index >= 15 is 0 Å². The van der Waals surface area contributed by atoms with Crippen molar-refractivity contribution in [2.24, 2.45) is 5.73 Å². The number of amides is 2. The Morgan fingerprint density at radius 3 is 2.71 bits per heavy atom. The molecule has 0 bridgehead atoms. The molecule has 1 aromatic heterocycles. The molecule has 21 heavy (non-hydrogen) atoms. The smallest absolute Gasteiger partial charge is 0.339 e. The van der Waals surface area contributed by atoms with E-state index in [4.69, 9.17) is 5.73 Å². The van der Waals surface area contributed by atoms with Gasteiger partial charge in [-0.3, -0.25) is 5.21 Å². The van der Waals surface area contributed by atoms with Gasteiger partial charge in [-0.15, -0.1) is 11.3 Å². The van der Waals surface area contributed by atoms with Crippen LogP contribution in [0.5, 0.6) is 0 Å². The molecule has 2 amide bonds. The van der Waals surface area contributed by atoms with Crippen molar-refractivity contribution >= 4 is 17.4 Å². The van der Waals surface area contributed by atoms with Crippen LogP contribution in [0, 0.1) is 11.8 Å². The van der Waals surface area contributed by atoms with Gasteiger partial charge in [-0.2, -0.15) is 5.06 Å². The van der Waals surface area contributed by atoms with Crippen molar-refractivity contribution in [3.05, 3.63) is 57.8 Å². The number of hydroxylamine groups is 2. The highest BCUT2D eigenvalue weighted by atomic mass is 32.1. The highest BCUT2D eigenvalue weighted by Crippen LogP contribution is 2.19. The summed E-state index contributed by atoms with van der Waals surface area (Å²) < 4.78 is 0. The molecule has 1 heterocycles. The van der Waals surface area contributed by atoms with E-state index in [1.54, 1.807) is 18.3 Å². The van der Waals surface area contributed by atoms with E-state index < -0.39 is 12.1 Å². The summed E-state index contributed by atoms with van der Waals surface area (Å²) in [7, 11) is 0. The molecule has 2 rings (SSSR count). The van der Waals surface area contributed by atoms with Crippen molar-refractivity contribution in [1.82, 2.24) is 5.06 Å². The van der Waals surface area contributed by atoms with Crippen molar-refractivity contribution in [3.8, 4) is 11.8 Å². The molecule has 0 spiro atoms. The second-order valence-corrected chi connectivity index (χ2v) is 5.72. The number of nitrogens with two attached hydrogens (primary N) is 1.